The number of rotatable bonds is 6. The number of carbonyl (C=O) groups excluding carboxylic acids is 2. The van der Waals surface area contributed by atoms with Crippen LogP contribution < -0.4 is 15.4 Å². The van der Waals surface area contributed by atoms with Gasteiger partial charge in [-0.25, -0.2) is 0 Å². The number of anilines is 1. The molecule has 1 atom stereocenters. The summed E-state index contributed by atoms with van der Waals surface area (Å²) in [5.41, 5.74) is 0.995. The Morgan fingerprint density at radius 2 is 2.04 bits per heavy atom. The van der Waals surface area contributed by atoms with Crippen LogP contribution >= 0.6 is 0 Å². The second-order valence-corrected chi connectivity index (χ2v) is 6.43. The lowest BCUT2D eigenvalue weighted by Gasteiger charge is -2.35. The van der Waals surface area contributed by atoms with Gasteiger partial charge in [-0.2, -0.15) is 0 Å². The van der Waals surface area contributed by atoms with E-state index in [4.69, 9.17) is 14.0 Å². The molecule has 9 heteroatoms. The quantitative estimate of drug-likeness (QED) is 0.714. The minimum absolute atomic E-state index is 0.106. The van der Waals surface area contributed by atoms with E-state index in [9.17, 15) is 9.59 Å². The molecule has 1 saturated heterocycles. The minimum atomic E-state index is -0.792. The first-order valence-corrected chi connectivity index (χ1v) is 9.05. The van der Waals surface area contributed by atoms with Gasteiger partial charge in [0.1, 0.15) is 11.5 Å². The van der Waals surface area contributed by atoms with Crippen LogP contribution in [0.1, 0.15) is 17.4 Å². The number of ether oxygens (including phenoxy) is 2. The van der Waals surface area contributed by atoms with Crippen LogP contribution in [0.3, 0.4) is 0 Å². The van der Waals surface area contributed by atoms with Crippen LogP contribution in [-0.2, 0) is 14.3 Å². The monoisotopic (exact) mass is 388 g/mol. The highest BCUT2D eigenvalue weighted by Crippen LogP contribution is 2.24. The second-order valence-electron chi connectivity index (χ2n) is 6.43. The van der Waals surface area contributed by atoms with Crippen molar-refractivity contribution in [2.45, 2.75) is 13.0 Å². The van der Waals surface area contributed by atoms with Gasteiger partial charge in [-0.15, -0.1) is 0 Å². The lowest BCUT2D eigenvalue weighted by Crippen LogP contribution is -2.45. The standard InChI is InChI=1S/C19H24N4O5/c1-13-10-17(22-28-13)21-19(25)18(24)20-12-16(23-6-8-27-9-7-23)14-4-3-5-15(11-14)26-2/h3-5,10-11,16H,6-9,12H2,1-2H3,(H,20,24)(H,21,22,25)/t16-/m1/s1. The second kappa shape index (κ2) is 9.34. The van der Waals surface area contributed by atoms with Crippen LogP contribution in [0.4, 0.5) is 5.82 Å². The number of methoxy groups -OCH3 is 1. The molecule has 1 aromatic carbocycles. The molecule has 0 aliphatic carbocycles. The molecular weight excluding hydrogens is 364 g/mol. The van der Waals surface area contributed by atoms with Crippen molar-refractivity contribution >= 4 is 17.6 Å². The maximum absolute atomic E-state index is 12.2. The van der Waals surface area contributed by atoms with Crippen molar-refractivity contribution in [2.75, 3.05) is 45.3 Å². The van der Waals surface area contributed by atoms with E-state index in [2.05, 4.69) is 20.7 Å². The van der Waals surface area contributed by atoms with Crippen LogP contribution in [0.2, 0.25) is 0 Å². The van der Waals surface area contributed by atoms with E-state index >= 15 is 0 Å². The predicted molar refractivity (Wildman–Crippen MR) is 101 cm³/mol. The molecule has 2 aromatic rings. The first-order valence-electron chi connectivity index (χ1n) is 9.05. The van der Waals surface area contributed by atoms with Crippen LogP contribution in [0.15, 0.2) is 34.9 Å². The first-order chi connectivity index (χ1) is 13.6. The van der Waals surface area contributed by atoms with E-state index in [0.29, 0.717) is 19.0 Å². The smallest absolute Gasteiger partial charge is 0.314 e. The first kappa shape index (κ1) is 19.8. The van der Waals surface area contributed by atoms with Crippen molar-refractivity contribution in [1.29, 1.82) is 0 Å². The Bertz CT molecular complexity index is 816. The molecule has 0 saturated carbocycles. The highest BCUT2D eigenvalue weighted by atomic mass is 16.5. The molecule has 1 aromatic heterocycles. The highest BCUT2D eigenvalue weighted by Gasteiger charge is 2.25. The fraction of sp³-hybridized carbons (Fsp3) is 0.421. The van der Waals surface area contributed by atoms with Gasteiger partial charge in [0.2, 0.25) is 0 Å². The number of morpholine rings is 1. The van der Waals surface area contributed by atoms with Gasteiger partial charge in [-0.1, -0.05) is 17.3 Å². The Labute approximate surface area is 163 Å². The molecule has 28 heavy (non-hydrogen) atoms. The summed E-state index contributed by atoms with van der Waals surface area (Å²) in [5, 5.41) is 8.78. The molecule has 0 bridgehead atoms. The van der Waals surface area contributed by atoms with Gasteiger partial charge >= 0.3 is 11.8 Å². The SMILES string of the molecule is COc1cccc([C@@H](CNC(=O)C(=O)Nc2cc(C)on2)N2CCOCC2)c1. The zero-order chi connectivity index (χ0) is 19.9. The van der Waals surface area contributed by atoms with E-state index < -0.39 is 11.8 Å². The van der Waals surface area contributed by atoms with Gasteiger partial charge in [0.25, 0.3) is 0 Å². The lowest BCUT2D eigenvalue weighted by atomic mass is 10.0. The third-order valence-corrected chi connectivity index (χ3v) is 4.50. The Hall–Kier alpha value is -2.91. The Kier molecular flexibility index (Phi) is 6.62. The molecule has 3 rings (SSSR count). The lowest BCUT2D eigenvalue weighted by molar-refractivity contribution is -0.136. The third-order valence-electron chi connectivity index (χ3n) is 4.50. The maximum atomic E-state index is 12.2. The van der Waals surface area contributed by atoms with Gasteiger partial charge in [0.05, 0.1) is 26.4 Å². The van der Waals surface area contributed by atoms with Crippen molar-refractivity contribution in [3.8, 4) is 5.75 Å². The van der Waals surface area contributed by atoms with E-state index in [1.54, 1.807) is 14.0 Å². The van der Waals surface area contributed by atoms with E-state index in [-0.39, 0.29) is 18.4 Å². The van der Waals surface area contributed by atoms with Crippen molar-refractivity contribution < 1.29 is 23.6 Å². The fourth-order valence-electron chi connectivity index (χ4n) is 3.06. The predicted octanol–water partition coefficient (Wildman–Crippen LogP) is 1.12. The molecule has 0 unspecified atom stereocenters. The summed E-state index contributed by atoms with van der Waals surface area (Å²) in [6.45, 7) is 4.70. The summed E-state index contributed by atoms with van der Waals surface area (Å²) in [6.07, 6.45) is 0. The molecular formula is C19H24N4O5. The van der Waals surface area contributed by atoms with Crippen LogP contribution in [0.5, 0.6) is 5.75 Å². The molecule has 1 aliphatic rings. The molecule has 1 fully saturated rings. The van der Waals surface area contributed by atoms with E-state index in [0.717, 1.165) is 24.4 Å². The molecule has 2 N–H and O–H groups in total. The normalized spacial score (nSPS) is 15.6. The molecule has 2 amide bonds. The molecule has 2 heterocycles. The average molecular weight is 388 g/mol. The minimum Gasteiger partial charge on any atom is -0.497 e. The molecule has 0 radical (unpaired) electrons. The zero-order valence-electron chi connectivity index (χ0n) is 15.9. The number of aryl methyl sites for hydroxylation is 1. The number of carbonyl (C=O) groups is 2. The summed E-state index contributed by atoms with van der Waals surface area (Å²) in [5.74, 6) is -0.0426. The number of hydrogen-bond donors (Lipinski definition) is 2. The summed E-state index contributed by atoms with van der Waals surface area (Å²) in [4.78, 5) is 26.6. The maximum Gasteiger partial charge on any atom is 0.314 e. The number of amides is 2. The van der Waals surface area contributed by atoms with E-state index in [1.165, 1.54) is 6.07 Å². The molecule has 0 spiro atoms. The number of aromatic nitrogens is 1. The fourth-order valence-corrected chi connectivity index (χ4v) is 3.06. The number of hydrogen-bond acceptors (Lipinski definition) is 7. The van der Waals surface area contributed by atoms with Crippen LogP contribution in [-0.4, -0.2) is 61.8 Å². The van der Waals surface area contributed by atoms with Gasteiger partial charge < -0.3 is 19.3 Å². The number of nitrogens with one attached hydrogen (secondary N) is 2. The Balaban J connectivity index is 1.66. The zero-order valence-corrected chi connectivity index (χ0v) is 15.9. The van der Waals surface area contributed by atoms with Crippen molar-refractivity contribution in [3.63, 3.8) is 0 Å². The number of nitrogens with zero attached hydrogens (tertiary/aromatic N) is 2. The van der Waals surface area contributed by atoms with Crippen LogP contribution in [0.25, 0.3) is 0 Å². The third kappa shape index (κ3) is 5.08. The van der Waals surface area contributed by atoms with Gasteiger partial charge in [-0.3, -0.25) is 19.8 Å². The van der Waals surface area contributed by atoms with Gasteiger partial charge in [0, 0.05) is 25.7 Å². The van der Waals surface area contributed by atoms with Gasteiger partial charge in [0.15, 0.2) is 5.82 Å². The Morgan fingerprint density at radius 1 is 1.25 bits per heavy atom. The summed E-state index contributed by atoms with van der Waals surface area (Å²) < 4.78 is 15.6. The molecule has 1 aliphatic heterocycles. The summed E-state index contributed by atoms with van der Waals surface area (Å²) in [6, 6.07) is 9.12. The van der Waals surface area contributed by atoms with Crippen molar-refractivity contribution in [1.82, 2.24) is 15.4 Å². The van der Waals surface area contributed by atoms with Crippen LogP contribution in [0, 0.1) is 6.92 Å². The van der Waals surface area contributed by atoms with Crippen molar-refractivity contribution in [2.24, 2.45) is 0 Å². The topological polar surface area (TPSA) is 106 Å². The molecule has 9 nitrogen and oxygen atoms in total. The van der Waals surface area contributed by atoms with Crippen molar-refractivity contribution in [3.05, 3.63) is 41.7 Å². The average Bonchev–Trinajstić information content (AvgIpc) is 3.13. The molecule has 150 valence electrons. The highest BCUT2D eigenvalue weighted by molar-refractivity contribution is 6.39. The van der Waals surface area contributed by atoms with Gasteiger partial charge in [-0.05, 0) is 24.6 Å². The van der Waals surface area contributed by atoms with E-state index in [1.807, 2.05) is 24.3 Å². The number of benzene rings is 1. The largest absolute Gasteiger partial charge is 0.497 e. The Morgan fingerprint density at radius 3 is 2.71 bits per heavy atom. The summed E-state index contributed by atoms with van der Waals surface area (Å²) in [7, 11) is 1.61. The summed E-state index contributed by atoms with van der Waals surface area (Å²) >= 11 is 0.